The average molecular weight is 465 g/mol. The van der Waals surface area contributed by atoms with E-state index in [1.54, 1.807) is 57.1 Å². The summed E-state index contributed by atoms with van der Waals surface area (Å²) in [4.78, 5) is 10.3. The Balaban J connectivity index is 2.50. The van der Waals surface area contributed by atoms with Crippen molar-refractivity contribution in [3.05, 3.63) is 71.6 Å². The average Bonchev–Trinajstić information content (AvgIpc) is 2.72. The van der Waals surface area contributed by atoms with Crippen LogP contribution in [0.25, 0.3) is 11.3 Å². The summed E-state index contributed by atoms with van der Waals surface area (Å²) in [7, 11) is 3.58. The number of nitrogens with zero attached hydrogens (tertiary/aromatic N) is 3. The molecule has 1 unspecified atom stereocenters. The minimum atomic E-state index is -4.58. The number of rotatable bonds is 7. The lowest BCUT2D eigenvalue weighted by Crippen LogP contribution is -2.25. The number of anilines is 1. The monoisotopic (exact) mass is 464 g/mol. The molecule has 0 amide bonds. The molecule has 0 saturated heterocycles. The maximum atomic E-state index is 13.7. The zero-order valence-electron chi connectivity index (χ0n) is 18.7. The predicted octanol–water partition coefficient (Wildman–Crippen LogP) is 5.86. The summed E-state index contributed by atoms with van der Waals surface area (Å²) in [6.45, 7) is 9.01. The van der Waals surface area contributed by atoms with Gasteiger partial charge >= 0.3 is 6.18 Å². The Morgan fingerprint density at radius 1 is 1.25 bits per heavy atom. The third kappa shape index (κ3) is 6.14. The number of alkyl halides is 3. The molecule has 0 spiro atoms. The number of hydrogen-bond donors (Lipinski definition) is 1. The molecule has 0 aliphatic carbocycles. The van der Waals surface area contributed by atoms with Crippen LogP contribution in [0.15, 0.2) is 59.9 Å². The Morgan fingerprint density at radius 3 is 2.50 bits per heavy atom. The Hall–Kier alpha value is -2.78. The fourth-order valence-corrected chi connectivity index (χ4v) is 3.74. The fourth-order valence-electron chi connectivity index (χ4n) is 2.88. The van der Waals surface area contributed by atoms with Crippen LogP contribution in [-0.2, 0) is 17.5 Å². The molecular weight excluding hydrogens is 437 g/mol. The van der Waals surface area contributed by atoms with E-state index in [9.17, 15) is 17.7 Å². The normalized spacial score (nSPS) is 13.7. The van der Waals surface area contributed by atoms with Crippen LogP contribution in [0.3, 0.4) is 0 Å². The van der Waals surface area contributed by atoms with Crippen molar-refractivity contribution < 1.29 is 17.7 Å². The molecule has 1 atom stereocenters. The minimum Gasteiger partial charge on any atom is -0.587 e. The topological polar surface area (TPSA) is 63.6 Å². The second-order valence-corrected chi connectivity index (χ2v) is 8.44. The first kappa shape index (κ1) is 25.5. The van der Waals surface area contributed by atoms with E-state index in [1.165, 1.54) is 6.07 Å². The molecular formula is C23H27F3N4OS. The zero-order chi connectivity index (χ0) is 24.1. The highest BCUT2D eigenvalue weighted by Gasteiger charge is 2.35. The Labute approximate surface area is 190 Å². The van der Waals surface area contributed by atoms with E-state index in [-0.39, 0.29) is 11.5 Å². The molecule has 0 saturated carbocycles. The number of aryl methyl sites for hydroxylation is 1. The van der Waals surface area contributed by atoms with Crippen LogP contribution < -0.4 is 4.72 Å². The number of benzene rings is 1. The van der Waals surface area contributed by atoms with E-state index < -0.39 is 23.1 Å². The van der Waals surface area contributed by atoms with Crippen molar-refractivity contribution >= 4 is 22.2 Å². The maximum absolute atomic E-state index is 13.7. The van der Waals surface area contributed by atoms with Gasteiger partial charge in [-0.25, -0.2) is 4.98 Å². The second kappa shape index (κ2) is 10.7. The van der Waals surface area contributed by atoms with E-state index in [2.05, 4.69) is 21.3 Å². The SMILES string of the molecule is C=C/C=C(\N=C(/CC)[S+]([O-])Nc1ccc(C(F)(F)F)c(-c2cccc(C)c2C)n1)N(C)C. The summed E-state index contributed by atoms with van der Waals surface area (Å²) in [5.41, 5.74) is 0.863. The molecule has 2 rings (SSSR count). The molecule has 1 N–H and O–H groups in total. The van der Waals surface area contributed by atoms with Gasteiger partial charge in [0, 0.05) is 26.1 Å². The van der Waals surface area contributed by atoms with Crippen LogP contribution in [0.1, 0.15) is 30.0 Å². The van der Waals surface area contributed by atoms with Crippen molar-refractivity contribution in [2.75, 3.05) is 18.8 Å². The summed E-state index contributed by atoms with van der Waals surface area (Å²) in [6.07, 6.45) is -0.979. The number of hydrogen-bond acceptors (Lipinski definition) is 5. The van der Waals surface area contributed by atoms with E-state index >= 15 is 0 Å². The highest BCUT2D eigenvalue weighted by Crippen LogP contribution is 2.38. The lowest BCUT2D eigenvalue weighted by Gasteiger charge is -2.18. The van der Waals surface area contributed by atoms with E-state index in [0.717, 1.165) is 11.6 Å². The zero-order valence-corrected chi connectivity index (χ0v) is 19.6. The molecule has 0 bridgehead atoms. The molecule has 0 aliphatic heterocycles. The quantitative estimate of drug-likeness (QED) is 0.241. The van der Waals surface area contributed by atoms with Gasteiger partial charge in [-0.3, -0.25) is 0 Å². The van der Waals surface area contributed by atoms with Crippen molar-refractivity contribution in [2.24, 2.45) is 4.99 Å². The van der Waals surface area contributed by atoms with Gasteiger partial charge in [0.25, 0.3) is 0 Å². The lowest BCUT2D eigenvalue weighted by atomic mass is 9.97. The highest BCUT2D eigenvalue weighted by molar-refractivity contribution is 8.07. The number of pyridine rings is 1. The number of aromatic nitrogens is 1. The lowest BCUT2D eigenvalue weighted by molar-refractivity contribution is -0.137. The van der Waals surface area contributed by atoms with Crippen LogP contribution in [0, 0.1) is 13.8 Å². The van der Waals surface area contributed by atoms with E-state index in [0.29, 0.717) is 28.4 Å². The molecule has 9 heteroatoms. The van der Waals surface area contributed by atoms with Crippen molar-refractivity contribution in [3.8, 4) is 11.3 Å². The highest BCUT2D eigenvalue weighted by atomic mass is 32.2. The Kier molecular flexibility index (Phi) is 8.51. The smallest absolute Gasteiger partial charge is 0.418 e. The summed E-state index contributed by atoms with van der Waals surface area (Å²) in [5, 5.41) is 0.321. The first-order chi connectivity index (χ1) is 15.0. The van der Waals surface area contributed by atoms with Crippen molar-refractivity contribution in [2.45, 2.75) is 33.4 Å². The van der Waals surface area contributed by atoms with Crippen molar-refractivity contribution in [1.29, 1.82) is 0 Å². The van der Waals surface area contributed by atoms with Gasteiger partial charge in [-0.2, -0.15) is 22.9 Å². The fraction of sp³-hybridized carbons (Fsp3) is 0.304. The van der Waals surface area contributed by atoms with Crippen LogP contribution in [-0.4, -0.2) is 33.6 Å². The molecule has 32 heavy (non-hydrogen) atoms. The summed E-state index contributed by atoms with van der Waals surface area (Å²) in [6, 6.07) is 7.24. The molecule has 0 aliphatic rings. The number of allylic oxidation sites excluding steroid dienone is 2. The van der Waals surface area contributed by atoms with Gasteiger partial charge in [-0.1, -0.05) is 37.8 Å². The van der Waals surface area contributed by atoms with Gasteiger partial charge in [0.2, 0.25) is 5.04 Å². The molecule has 172 valence electrons. The minimum absolute atomic E-state index is 0.0625. The van der Waals surface area contributed by atoms with Crippen molar-refractivity contribution in [3.63, 3.8) is 0 Å². The first-order valence-electron chi connectivity index (χ1n) is 9.90. The Bertz CT molecular complexity index is 1030. The van der Waals surface area contributed by atoms with Gasteiger partial charge in [-0.05, 0) is 43.2 Å². The van der Waals surface area contributed by atoms with Gasteiger partial charge in [0.15, 0.2) is 5.82 Å². The molecule has 2 aromatic rings. The van der Waals surface area contributed by atoms with Crippen LogP contribution >= 0.6 is 0 Å². The third-order valence-corrected chi connectivity index (χ3v) is 5.94. The standard InChI is InChI=1S/C23H27F3N4OS/c1-7-10-20(30(5)6)28-21(8-2)32(31)29-19-14-13-18(23(24,25)26)22(27-19)17-12-9-11-15(3)16(17)4/h7,9-14H,1,8H2,2-6H3,(H,27,29)/b20-10+,28-21+. The maximum Gasteiger partial charge on any atom is 0.418 e. The number of aliphatic imine (C=N–C) groups is 1. The van der Waals surface area contributed by atoms with E-state index in [1.807, 2.05) is 13.0 Å². The summed E-state index contributed by atoms with van der Waals surface area (Å²) < 4.78 is 56.6. The Morgan fingerprint density at radius 2 is 1.94 bits per heavy atom. The van der Waals surface area contributed by atoms with Gasteiger partial charge in [0.1, 0.15) is 17.2 Å². The largest absolute Gasteiger partial charge is 0.587 e. The van der Waals surface area contributed by atoms with Crippen molar-refractivity contribution in [1.82, 2.24) is 9.88 Å². The second-order valence-electron chi connectivity index (χ2n) is 7.22. The summed E-state index contributed by atoms with van der Waals surface area (Å²) >= 11 is -1.80. The van der Waals surface area contributed by atoms with Gasteiger partial charge in [-0.15, -0.1) is 0 Å². The predicted molar refractivity (Wildman–Crippen MR) is 126 cm³/mol. The van der Waals surface area contributed by atoms with Crippen LogP contribution in [0.2, 0.25) is 0 Å². The van der Waals surface area contributed by atoms with Gasteiger partial charge < -0.3 is 9.45 Å². The number of nitrogens with one attached hydrogen (secondary N) is 1. The van der Waals surface area contributed by atoms with E-state index in [4.69, 9.17) is 0 Å². The molecule has 0 radical (unpaired) electrons. The number of halogens is 3. The first-order valence-corrected chi connectivity index (χ1v) is 11.0. The molecule has 1 aromatic carbocycles. The van der Waals surface area contributed by atoms with Crippen LogP contribution in [0.4, 0.5) is 19.0 Å². The van der Waals surface area contributed by atoms with Crippen LogP contribution in [0.5, 0.6) is 0 Å². The third-order valence-electron chi connectivity index (χ3n) is 4.74. The molecule has 0 fully saturated rings. The molecule has 5 nitrogen and oxygen atoms in total. The molecule has 1 heterocycles. The summed E-state index contributed by atoms with van der Waals surface area (Å²) in [5.74, 6) is 0.607. The molecule has 1 aromatic heterocycles. The van der Waals surface area contributed by atoms with Gasteiger partial charge in [0.05, 0.1) is 11.3 Å².